The SMILES string of the molecule is NCC=[C]C(=O)C(F)(F)C(F)(F)C(F)(F)C(F)(F)C(F)(F)C(F)(F)C(F)(F)F. The van der Waals surface area contributed by atoms with Crippen LogP contribution in [0.25, 0.3) is 0 Å². The Morgan fingerprint density at radius 2 is 0.964 bits per heavy atom. The Hall–Kier alpha value is -1.68. The van der Waals surface area contributed by atoms with E-state index in [0.717, 1.165) is 0 Å². The van der Waals surface area contributed by atoms with Gasteiger partial charge in [0.05, 0.1) is 0 Å². The molecule has 0 aromatic heterocycles. The topological polar surface area (TPSA) is 43.1 Å². The van der Waals surface area contributed by atoms with E-state index in [2.05, 4.69) is 5.73 Å². The van der Waals surface area contributed by atoms with Gasteiger partial charge in [0.25, 0.3) is 0 Å². The van der Waals surface area contributed by atoms with Gasteiger partial charge in [-0.05, 0) is 0 Å². The van der Waals surface area contributed by atoms with Crippen LogP contribution in [-0.4, -0.2) is 54.0 Å². The molecule has 0 heterocycles. The number of nitrogens with two attached hydrogens (primary N) is 1. The third-order valence-corrected chi connectivity index (χ3v) is 2.96. The maximum atomic E-state index is 13.2. The fourth-order valence-corrected chi connectivity index (χ4v) is 1.35. The number of carbonyl (C=O) groups is 1. The Morgan fingerprint density at radius 1 is 0.643 bits per heavy atom. The van der Waals surface area contributed by atoms with Crippen molar-refractivity contribution in [1.82, 2.24) is 0 Å². The zero-order valence-corrected chi connectivity index (χ0v) is 12.4. The summed E-state index contributed by atoms with van der Waals surface area (Å²) in [5, 5.41) is 0. The second-order valence-electron chi connectivity index (χ2n) is 4.86. The van der Waals surface area contributed by atoms with Gasteiger partial charge in [-0.3, -0.25) is 4.79 Å². The Balaban J connectivity index is 6.55. The normalized spacial score (nSPS) is 16.0. The van der Waals surface area contributed by atoms with Gasteiger partial charge >= 0.3 is 41.7 Å². The van der Waals surface area contributed by atoms with Crippen LogP contribution in [0.4, 0.5) is 65.9 Å². The average Bonchev–Trinajstić information content (AvgIpc) is 2.50. The van der Waals surface area contributed by atoms with Gasteiger partial charge in [0.15, 0.2) is 0 Å². The van der Waals surface area contributed by atoms with Crippen molar-refractivity contribution in [2.24, 2.45) is 5.73 Å². The molecule has 0 rings (SSSR count). The van der Waals surface area contributed by atoms with Crippen LogP contribution in [0.5, 0.6) is 0 Å². The predicted octanol–water partition coefficient (Wildman–Crippen LogP) is 4.25. The van der Waals surface area contributed by atoms with Crippen molar-refractivity contribution in [3.8, 4) is 0 Å². The Labute approximate surface area is 144 Å². The van der Waals surface area contributed by atoms with Gasteiger partial charge in [-0.25, -0.2) is 0 Å². The number of ketones is 1. The summed E-state index contributed by atoms with van der Waals surface area (Å²) in [6, 6.07) is 0. The number of halogens is 15. The third kappa shape index (κ3) is 3.41. The Morgan fingerprint density at radius 3 is 1.29 bits per heavy atom. The molecule has 2 N–H and O–H groups in total. The smallest absolute Gasteiger partial charge is 0.327 e. The van der Waals surface area contributed by atoms with Crippen LogP contribution in [0.2, 0.25) is 0 Å². The molecule has 0 bridgehead atoms. The molecule has 165 valence electrons. The highest BCUT2D eigenvalue weighted by molar-refractivity contribution is 5.93. The molecule has 2 nitrogen and oxygen atoms in total. The molecule has 17 heteroatoms. The van der Waals surface area contributed by atoms with Crippen LogP contribution in [0, 0.1) is 6.08 Å². The molecule has 0 amide bonds. The molecular weight excluding hydrogens is 447 g/mol. The summed E-state index contributed by atoms with van der Waals surface area (Å²) in [5.41, 5.74) is 4.57. The summed E-state index contributed by atoms with van der Waals surface area (Å²) >= 11 is 0. The monoisotopic (exact) mass is 452 g/mol. The molecule has 0 saturated heterocycles. The number of hydrogen-bond acceptors (Lipinski definition) is 2. The van der Waals surface area contributed by atoms with E-state index >= 15 is 0 Å². The summed E-state index contributed by atoms with van der Waals surface area (Å²) in [5.74, 6) is -51.5. The summed E-state index contributed by atoms with van der Waals surface area (Å²) in [6.45, 7) is -0.921. The van der Waals surface area contributed by atoms with Crippen LogP contribution in [0.3, 0.4) is 0 Å². The first kappa shape index (κ1) is 26.3. The highest BCUT2D eigenvalue weighted by atomic mass is 19.4. The minimum Gasteiger partial charge on any atom is -0.327 e. The Bertz CT molecular complexity index is 618. The van der Waals surface area contributed by atoms with E-state index in [1.54, 1.807) is 0 Å². The lowest BCUT2D eigenvalue weighted by Crippen LogP contribution is -2.73. The molecule has 0 aromatic carbocycles. The fourth-order valence-electron chi connectivity index (χ4n) is 1.35. The maximum absolute atomic E-state index is 13.2. The van der Waals surface area contributed by atoms with Gasteiger partial charge in [0.1, 0.15) is 0 Å². The molecule has 0 spiro atoms. The van der Waals surface area contributed by atoms with Crippen molar-refractivity contribution >= 4 is 5.78 Å². The lowest BCUT2D eigenvalue weighted by atomic mass is 9.89. The van der Waals surface area contributed by atoms with Crippen molar-refractivity contribution in [2.75, 3.05) is 6.54 Å². The first-order valence-corrected chi connectivity index (χ1v) is 6.14. The molecule has 0 aliphatic carbocycles. The highest BCUT2D eigenvalue weighted by Crippen LogP contribution is 2.62. The van der Waals surface area contributed by atoms with Gasteiger partial charge in [0.2, 0.25) is 5.78 Å². The number of hydrogen-bond donors (Lipinski definition) is 1. The number of Topliss-reactive ketones (excluding diaryl/α,β-unsaturated/α-hetero) is 1. The van der Waals surface area contributed by atoms with E-state index in [1.807, 2.05) is 0 Å². The first-order chi connectivity index (χ1) is 12.0. The van der Waals surface area contributed by atoms with E-state index in [0.29, 0.717) is 6.08 Å². The van der Waals surface area contributed by atoms with Gasteiger partial charge in [0, 0.05) is 12.6 Å². The molecular formula is C11H5F15NO. The average molecular weight is 452 g/mol. The summed E-state index contributed by atoms with van der Waals surface area (Å²) in [7, 11) is 0. The third-order valence-electron chi connectivity index (χ3n) is 2.96. The van der Waals surface area contributed by atoms with Gasteiger partial charge in [-0.1, -0.05) is 6.08 Å². The number of allylic oxidation sites excluding steroid dienone is 1. The molecule has 1 radical (unpaired) electrons. The minimum atomic E-state index is -8.43. The Kier molecular flexibility index (Phi) is 6.56. The summed E-state index contributed by atoms with van der Waals surface area (Å²) in [6.07, 6.45) is -7.12. The van der Waals surface area contributed by atoms with Crippen molar-refractivity contribution in [1.29, 1.82) is 0 Å². The molecule has 0 saturated carbocycles. The minimum absolute atomic E-state index is 0.0188. The van der Waals surface area contributed by atoms with E-state index in [9.17, 15) is 70.7 Å². The molecule has 0 fully saturated rings. The number of alkyl halides is 15. The largest absolute Gasteiger partial charge is 0.460 e. The quantitative estimate of drug-likeness (QED) is 0.442. The maximum Gasteiger partial charge on any atom is 0.460 e. The van der Waals surface area contributed by atoms with E-state index in [4.69, 9.17) is 0 Å². The zero-order chi connectivity index (χ0) is 23.2. The van der Waals surface area contributed by atoms with E-state index < -0.39 is 54.0 Å². The van der Waals surface area contributed by atoms with Crippen molar-refractivity contribution in [3.05, 3.63) is 12.2 Å². The van der Waals surface area contributed by atoms with Crippen LogP contribution in [-0.2, 0) is 4.79 Å². The first-order valence-electron chi connectivity index (χ1n) is 6.14. The van der Waals surface area contributed by atoms with Crippen LogP contribution >= 0.6 is 0 Å². The highest BCUT2D eigenvalue weighted by Gasteiger charge is 2.93. The molecule has 0 aliphatic heterocycles. The van der Waals surface area contributed by atoms with Crippen LogP contribution in [0.1, 0.15) is 0 Å². The number of carbonyl (C=O) groups excluding carboxylic acids is 1. The zero-order valence-electron chi connectivity index (χ0n) is 12.4. The van der Waals surface area contributed by atoms with Crippen LogP contribution in [0.15, 0.2) is 6.08 Å². The van der Waals surface area contributed by atoms with E-state index in [1.165, 1.54) is 0 Å². The van der Waals surface area contributed by atoms with Crippen molar-refractivity contribution < 1.29 is 70.7 Å². The standard InChI is InChI=1S/C11H5F15NO/c12-5(13,4(28)2-1-3-27)6(14,15)7(16,17)8(18,19)9(20,21)10(22,23)11(24,25)26/h1H,3,27H2. The second kappa shape index (κ2) is 6.98. The molecule has 28 heavy (non-hydrogen) atoms. The predicted molar refractivity (Wildman–Crippen MR) is 57.6 cm³/mol. The second-order valence-corrected chi connectivity index (χ2v) is 4.86. The summed E-state index contributed by atoms with van der Waals surface area (Å²) < 4.78 is 192. The van der Waals surface area contributed by atoms with Gasteiger partial charge < -0.3 is 5.73 Å². The molecule has 0 aromatic rings. The number of rotatable bonds is 8. The van der Waals surface area contributed by atoms with Crippen molar-refractivity contribution in [3.63, 3.8) is 0 Å². The lowest BCUT2D eigenvalue weighted by Gasteiger charge is -2.40. The molecule has 0 aliphatic rings. The van der Waals surface area contributed by atoms with Gasteiger partial charge in [-0.2, -0.15) is 65.9 Å². The van der Waals surface area contributed by atoms with Gasteiger partial charge in [-0.15, -0.1) is 0 Å². The van der Waals surface area contributed by atoms with Crippen LogP contribution < -0.4 is 5.73 Å². The summed E-state index contributed by atoms with van der Waals surface area (Å²) in [4.78, 5) is 10.7. The fraction of sp³-hybridized carbons (Fsp3) is 0.727. The van der Waals surface area contributed by atoms with E-state index in [-0.39, 0.29) is 6.08 Å². The van der Waals surface area contributed by atoms with Crippen molar-refractivity contribution in [2.45, 2.75) is 41.7 Å². The molecule has 0 unspecified atom stereocenters. The molecule has 0 atom stereocenters. The lowest BCUT2D eigenvalue weighted by molar-refractivity contribution is -0.449.